The molecule has 1 amide bonds. The van der Waals surface area contributed by atoms with Crippen molar-refractivity contribution in [2.24, 2.45) is 0 Å². The molecule has 0 N–H and O–H groups in total. The molecular formula is C28H25N3O4S. The molecule has 8 heteroatoms. The van der Waals surface area contributed by atoms with Gasteiger partial charge in [-0.05, 0) is 61.4 Å². The van der Waals surface area contributed by atoms with Crippen molar-refractivity contribution in [2.45, 2.75) is 26.8 Å². The molecule has 0 spiro atoms. The lowest BCUT2D eigenvalue weighted by Gasteiger charge is -2.30. The highest BCUT2D eigenvalue weighted by atomic mass is 32.1. The van der Waals surface area contributed by atoms with Gasteiger partial charge in [0, 0.05) is 16.6 Å². The molecule has 0 saturated carbocycles. The van der Waals surface area contributed by atoms with Crippen molar-refractivity contribution in [1.29, 1.82) is 0 Å². The van der Waals surface area contributed by atoms with Gasteiger partial charge in [0.15, 0.2) is 6.61 Å². The van der Waals surface area contributed by atoms with Crippen LogP contribution >= 0.6 is 11.3 Å². The SMILES string of the molecule is CCCOC(=O)c1cccc(CN2C(=O)COc3ccc(-c4nc(-c5ccccn5)sc4C)cc32)c1. The number of fused-ring (bicyclic) bond motifs is 1. The summed E-state index contributed by atoms with van der Waals surface area (Å²) in [5.41, 5.74) is 4.54. The summed E-state index contributed by atoms with van der Waals surface area (Å²) in [7, 11) is 0. The summed E-state index contributed by atoms with van der Waals surface area (Å²) < 4.78 is 11.0. The van der Waals surface area contributed by atoms with Gasteiger partial charge in [-0.3, -0.25) is 9.78 Å². The average molecular weight is 500 g/mol. The Balaban J connectivity index is 1.45. The van der Waals surface area contributed by atoms with Crippen LogP contribution in [0.3, 0.4) is 0 Å². The van der Waals surface area contributed by atoms with Crippen LogP contribution in [0.2, 0.25) is 0 Å². The summed E-state index contributed by atoms with van der Waals surface area (Å²) in [6, 6.07) is 18.7. The van der Waals surface area contributed by atoms with E-state index in [1.807, 2.05) is 56.3 Å². The van der Waals surface area contributed by atoms with Gasteiger partial charge in [0.1, 0.15) is 10.8 Å². The Morgan fingerprint density at radius 3 is 2.83 bits per heavy atom. The van der Waals surface area contributed by atoms with Crippen LogP contribution in [0.25, 0.3) is 22.0 Å². The number of anilines is 1. The minimum Gasteiger partial charge on any atom is -0.482 e. The predicted molar refractivity (Wildman–Crippen MR) is 139 cm³/mol. The molecule has 2 aromatic carbocycles. The van der Waals surface area contributed by atoms with E-state index < -0.39 is 0 Å². The van der Waals surface area contributed by atoms with Gasteiger partial charge < -0.3 is 14.4 Å². The Kier molecular flexibility index (Phi) is 6.77. The topological polar surface area (TPSA) is 81.6 Å². The van der Waals surface area contributed by atoms with E-state index in [2.05, 4.69) is 4.98 Å². The molecule has 0 bridgehead atoms. The largest absolute Gasteiger partial charge is 0.482 e. The summed E-state index contributed by atoms with van der Waals surface area (Å²) >= 11 is 1.58. The first kappa shape index (κ1) is 23.7. The number of benzene rings is 2. The van der Waals surface area contributed by atoms with E-state index in [-0.39, 0.29) is 18.5 Å². The monoisotopic (exact) mass is 499 g/mol. The third-order valence-electron chi connectivity index (χ3n) is 5.80. The third-order valence-corrected chi connectivity index (χ3v) is 6.79. The maximum atomic E-state index is 12.9. The summed E-state index contributed by atoms with van der Waals surface area (Å²) in [5, 5.41) is 0.844. The summed E-state index contributed by atoms with van der Waals surface area (Å²) in [6.07, 6.45) is 2.51. The number of carbonyl (C=O) groups is 2. The van der Waals surface area contributed by atoms with Gasteiger partial charge in [-0.2, -0.15) is 0 Å². The molecule has 0 unspecified atom stereocenters. The molecule has 0 saturated heterocycles. The summed E-state index contributed by atoms with van der Waals surface area (Å²) in [5.74, 6) is 0.120. The van der Waals surface area contributed by atoms with E-state index in [0.717, 1.165) is 38.8 Å². The maximum absolute atomic E-state index is 12.9. The second-order valence-corrected chi connectivity index (χ2v) is 9.63. The van der Waals surface area contributed by atoms with Gasteiger partial charge in [0.2, 0.25) is 0 Å². The fourth-order valence-electron chi connectivity index (χ4n) is 4.04. The van der Waals surface area contributed by atoms with Crippen molar-refractivity contribution >= 4 is 28.9 Å². The van der Waals surface area contributed by atoms with Crippen LogP contribution in [0.15, 0.2) is 66.9 Å². The van der Waals surface area contributed by atoms with Crippen molar-refractivity contribution < 1.29 is 19.1 Å². The van der Waals surface area contributed by atoms with E-state index >= 15 is 0 Å². The minimum atomic E-state index is -0.364. The van der Waals surface area contributed by atoms with Crippen molar-refractivity contribution in [3.63, 3.8) is 0 Å². The average Bonchev–Trinajstić information content (AvgIpc) is 3.31. The second kappa shape index (κ2) is 10.3. The molecule has 182 valence electrons. The number of rotatable bonds is 7. The lowest BCUT2D eigenvalue weighted by molar-refractivity contribution is -0.121. The lowest BCUT2D eigenvalue weighted by atomic mass is 10.1. The fourth-order valence-corrected chi connectivity index (χ4v) is 4.96. The van der Waals surface area contributed by atoms with E-state index in [0.29, 0.717) is 30.2 Å². The van der Waals surface area contributed by atoms with Gasteiger partial charge in [0.25, 0.3) is 5.91 Å². The van der Waals surface area contributed by atoms with Crippen molar-refractivity contribution in [3.05, 3.63) is 82.9 Å². The van der Waals surface area contributed by atoms with Crippen LogP contribution in [-0.4, -0.2) is 35.1 Å². The van der Waals surface area contributed by atoms with Crippen LogP contribution in [-0.2, 0) is 16.1 Å². The Labute approximate surface area is 213 Å². The molecule has 3 heterocycles. The first-order valence-electron chi connectivity index (χ1n) is 11.8. The first-order chi connectivity index (χ1) is 17.5. The number of pyridine rings is 1. The second-order valence-electron chi connectivity index (χ2n) is 8.43. The molecule has 5 rings (SSSR count). The number of carbonyl (C=O) groups excluding carboxylic acids is 2. The quantitative estimate of drug-likeness (QED) is 0.305. The van der Waals surface area contributed by atoms with Gasteiger partial charge in [-0.15, -0.1) is 11.3 Å². The van der Waals surface area contributed by atoms with E-state index in [4.69, 9.17) is 14.5 Å². The van der Waals surface area contributed by atoms with Crippen LogP contribution < -0.4 is 9.64 Å². The smallest absolute Gasteiger partial charge is 0.338 e. The highest BCUT2D eigenvalue weighted by molar-refractivity contribution is 7.15. The van der Waals surface area contributed by atoms with Gasteiger partial charge in [-0.1, -0.05) is 25.1 Å². The molecule has 0 aliphatic carbocycles. The zero-order valence-corrected chi connectivity index (χ0v) is 20.9. The summed E-state index contributed by atoms with van der Waals surface area (Å²) in [6.45, 7) is 4.62. The number of nitrogens with zero attached hydrogens (tertiary/aromatic N) is 3. The molecule has 36 heavy (non-hydrogen) atoms. The number of amides is 1. The standard InChI is InChI=1S/C28H25N3O4S/c1-3-13-34-28(33)21-8-6-7-19(14-21)16-31-23-15-20(10-11-24(23)35-17-25(31)32)26-18(2)36-27(30-26)22-9-4-5-12-29-22/h4-12,14-15H,3,13,16-17H2,1-2H3. The maximum Gasteiger partial charge on any atom is 0.338 e. The highest BCUT2D eigenvalue weighted by Crippen LogP contribution is 2.39. The van der Waals surface area contributed by atoms with Gasteiger partial charge in [0.05, 0.1) is 35.8 Å². The molecule has 1 aliphatic rings. The Morgan fingerprint density at radius 1 is 1.14 bits per heavy atom. The Morgan fingerprint density at radius 2 is 2.03 bits per heavy atom. The number of thiazole rings is 1. The summed E-state index contributed by atoms with van der Waals surface area (Å²) in [4.78, 5) is 37.2. The van der Waals surface area contributed by atoms with E-state index in [9.17, 15) is 9.59 Å². The number of ether oxygens (including phenoxy) is 2. The normalized spacial score (nSPS) is 12.7. The molecule has 2 aromatic heterocycles. The zero-order valence-electron chi connectivity index (χ0n) is 20.1. The van der Waals surface area contributed by atoms with Crippen LogP contribution in [0.4, 0.5) is 5.69 Å². The number of aryl methyl sites for hydroxylation is 1. The molecular weight excluding hydrogens is 474 g/mol. The number of esters is 1. The van der Waals surface area contributed by atoms with E-state index in [1.165, 1.54) is 0 Å². The molecule has 1 aliphatic heterocycles. The molecule has 7 nitrogen and oxygen atoms in total. The molecule has 0 fully saturated rings. The highest BCUT2D eigenvalue weighted by Gasteiger charge is 2.27. The Bertz CT molecular complexity index is 1420. The molecule has 4 aromatic rings. The number of hydrogen-bond donors (Lipinski definition) is 0. The molecule has 0 radical (unpaired) electrons. The third kappa shape index (κ3) is 4.85. The zero-order chi connectivity index (χ0) is 25.1. The van der Waals surface area contributed by atoms with Crippen LogP contribution in [0.1, 0.15) is 34.1 Å². The predicted octanol–water partition coefficient (Wildman–Crippen LogP) is 5.67. The number of hydrogen-bond acceptors (Lipinski definition) is 7. The lowest BCUT2D eigenvalue weighted by Crippen LogP contribution is -2.38. The van der Waals surface area contributed by atoms with Crippen molar-refractivity contribution in [2.75, 3.05) is 18.1 Å². The first-order valence-corrected chi connectivity index (χ1v) is 12.6. The van der Waals surface area contributed by atoms with Crippen molar-refractivity contribution in [3.8, 4) is 27.7 Å². The minimum absolute atomic E-state index is 0.0376. The molecule has 0 atom stereocenters. The van der Waals surface area contributed by atoms with Crippen molar-refractivity contribution in [1.82, 2.24) is 9.97 Å². The van der Waals surface area contributed by atoms with Gasteiger partial charge >= 0.3 is 5.97 Å². The fraction of sp³-hybridized carbons (Fsp3) is 0.214. The van der Waals surface area contributed by atoms with E-state index in [1.54, 1.807) is 40.6 Å². The number of aromatic nitrogens is 2. The Hall–Kier alpha value is -4.04. The van der Waals surface area contributed by atoms with Crippen LogP contribution in [0, 0.1) is 6.92 Å². The van der Waals surface area contributed by atoms with Gasteiger partial charge in [-0.25, -0.2) is 9.78 Å². The van der Waals surface area contributed by atoms with Crippen LogP contribution in [0.5, 0.6) is 5.75 Å².